The predicted octanol–water partition coefficient (Wildman–Crippen LogP) is 5.16. The summed E-state index contributed by atoms with van der Waals surface area (Å²) in [6, 6.07) is 17.8. The summed E-state index contributed by atoms with van der Waals surface area (Å²) in [4.78, 5) is 35.7. The zero-order valence-corrected chi connectivity index (χ0v) is 17.7. The minimum absolute atomic E-state index is 0.0576. The van der Waals surface area contributed by atoms with Crippen molar-refractivity contribution in [2.24, 2.45) is 0 Å². The Kier molecular flexibility index (Phi) is 5.77. The van der Waals surface area contributed by atoms with Crippen LogP contribution in [0.1, 0.15) is 26.5 Å². The van der Waals surface area contributed by atoms with Crippen molar-refractivity contribution in [2.45, 2.75) is 6.92 Å². The maximum atomic E-state index is 12.6. The van der Waals surface area contributed by atoms with Crippen LogP contribution in [-0.4, -0.2) is 23.8 Å². The molecule has 0 saturated heterocycles. The van der Waals surface area contributed by atoms with E-state index in [1.165, 1.54) is 25.3 Å². The number of amides is 2. The molecule has 0 atom stereocenters. The van der Waals surface area contributed by atoms with Crippen molar-refractivity contribution < 1.29 is 23.7 Å². The molecule has 0 unspecified atom stereocenters. The highest BCUT2D eigenvalue weighted by Gasteiger charge is 2.17. The van der Waals surface area contributed by atoms with Gasteiger partial charge >= 0.3 is 0 Å². The molecule has 166 valence electrons. The van der Waals surface area contributed by atoms with Gasteiger partial charge in [-0.2, -0.15) is 0 Å². The van der Waals surface area contributed by atoms with E-state index in [4.69, 9.17) is 9.15 Å². The van der Waals surface area contributed by atoms with E-state index in [2.05, 4.69) is 10.6 Å². The molecular weight excluding hydrogens is 426 g/mol. The third kappa shape index (κ3) is 4.52. The van der Waals surface area contributed by atoms with Crippen molar-refractivity contribution >= 4 is 39.8 Å². The maximum absolute atomic E-state index is 12.6. The zero-order chi connectivity index (χ0) is 23.5. The molecule has 0 bridgehead atoms. The van der Waals surface area contributed by atoms with Crippen molar-refractivity contribution in [3.05, 3.63) is 93.7 Å². The number of para-hydroxylation sites is 1. The zero-order valence-electron chi connectivity index (χ0n) is 17.7. The summed E-state index contributed by atoms with van der Waals surface area (Å²) in [7, 11) is 1.44. The first-order valence-corrected chi connectivity index (χ1v) is 9.90. The predicted molar refractivity (Wildman–Crippen MR) is 123 cm³/mol. The molecule has 2 N–H and O–H groups in total. The second-order valence-electron chi connectivity index (χ2n) is 7.23. The van der Waals surface area contributed by atoms with E-state index in [0.29, 0.717) is 28.3 Å². The smallest absolute Gasteiger partial charge is 0.291 e. The Labute approximate surface area is 188 Å². The van der Waals surface area contributed by atoms with Gasteiger partial charge in [0.2, 0.25) is 0 Å². The number of benzene rings is 3. The molecule has 9 heteroatoms. The largest absolute Gasteiger partial charge is 0.494 e. The highest BCUT2D eigenvalue weighted by molar-refractivity contribution is 6.07. The Bertz CT molecular complexity index is 1360. The number of aryl methyl sites for hydroxylation is 1. The van der Waals surface area contributed by atoms with Crippen LogP contribution in [0.4, 0.5) is 17.1 Å². The van der Waals surface area contributed by atoms with Gasteiger partial charge in [0, 0.05) is 34.3 Å². The lowest BCUT2D eigenvalue weighted by Crippen LogP contribution is -2.14. The maximum Gasteiger partial charge on any atom is 0.291 e. The number of furan rings is 1. The summed E-state index contributed by atoms with van der Waals surface area (Å²) < 4.78 is 10.9. The van der Waals surface area contributed by atoms with Gasteiger partial charge in [-0.05, 0) is 43.3 Å². The standard InChI is InChI=1S/C24H19N3O6/c1-14-11-16(7-10-19(14)27(30)31)23(28)25-17-8-9-18(21(13-17)32-2)26-24(29)22-12-15-5-3-4-6-20(15)33-22/h3-13H,1-2H3,(H,25,28)(H,26,29). The number of carbonyl (C=O) groups excluding carboxylic acids is 2. The number of fused-ring (bicyclic) bond motifs is 1. The first kappa shape index (κ1) is 21.6. The van der Waals surface area contributed by atoms with Gasteiger partial charge in [-0.3, -0.25) is 19.7 Å². The summed E-state index contributed by atoms with van der Waals surface area (Å²) in [6.07, 6.45) is 0. The molecule has 3 aromatic carbocycles. The molecule has 0 saturated carbocycles. The minimum Gasteiger partial charge on any atom is -0.494 e. The molecule has 2 amide bonds. The van der Waals surface area contributed by atoms with E-state index in [-0.39, 0.29) is 17.0 Å². The van der Waals surface area contributed by atoms with Crippen molar-refractivity contribution in [3.8, 4) is 5.75 Å². The first-order chi connectivity index (χ1) is 15.9. The second-order valence-corrected chi connectivity index (χ2v) is 7.23. The van der Waals surface area contributed by atoms with E-state index in [9.17, 15) is 19.7 Å². The summed E-state index contributed by atoms with van der Waals surface area (Å²) in [5, 5.41) is 17.2. The fourth-order valence-corrected chi connectivity index (χ4v) is 3.35. The van der Waals surface area contributed by atoms with Crippen LogP contribution in [0.2, 0.25) is 0 Å². The number of rotatable bonds is 6. The highest BCUT2D eigenvalue weighted by atomic mass is 16.6. The Morgan fingerprint density at radius 2 is 1.76 bits per heavy atom. The van der Waals surface area contributed by atoms with Crippen LogP contribution in [0.25, 0.3) is 11.0 Å². The van der Waals surface area contributed by atoms with E-state index < -0.39 is 16.7 Å². The van der Waals surface area contributed by atoms with Crippen LogP contribution < -0.4 is 15.4 Å². The first-order valence-electron chi connectivity index (χ1n) is 9.90. The van der Waals surface area contributed by atoms with E-state index in [1.54, 1.807) is 37.3 Å². The molecule has 33 heavy (non-hydrogen) atoms. The van der Waals surface area contributed by atoms with Gasteiger partial charge in [0.15, 0.2) is 5.76 Å². The Morgan fingerprint density at radius 3 is 2.45 bits per heavy atom. The van der Waals surface area contributed by atoms with Crippen LogP contribution in [0.3, 0.4) is 0 Å². The average Bonchev–Trinajstić information content (AvgIpc) is 3.24. The van der Waals surface area contributed by atoms with Gasteiger partial charge in [-0.25, -0.2) is 0 Å². The molecule has 9 nitrogen and oxygen atoms in total. The van der Waals surface area contributed by atoms with Crippen molar-refractivity contribution in [1.29, 1.82) is 0 Å². The molecule has 0 aliphatic heterocycles. The van der Waals surface area contributed by atoms with E-state index >= 15 is 0 Å². The minimum atomic E-state index is -0.500. The number of hydrogen-bond donors (Lipinski definition) is 2. The van der Waals surface area contributed by atoms with Crippen LogP contribution in [0, 0.1) is 17.0 Å². The van der Waals surface area contributed by atoms with Crippen molar-refractivity contribution in [3.63, 3.8) is 0 Å². The summed E-state index contributed by atoms with van der Waals surface area (Å²) in [5.41, 5.74) is 2.03. The SMILES string of the molecule is COc1cc(NC(=O)c2ccc([N+](=O)[O-])c(C)c2)ccc1NC(=O)c1cc2ccccc2o1. The topological polar surface area (TPSA) is 124 Å². The summed E-state index contributed by atoms with van der Waals surface area (Å²) in [6.45, 7) is 1.57. The Morgan fingerprint density at radius 1 is 0.970 bits per heavy atom. The molecule has 0 aliphatic rings. The molecule has 1 aromatic heterocycles. The van der Waals surface area contributed by atoms with Gasteiger partial charge in [-0.15, -0.1) is 0 Å². The van der Waals surface area contributed by atoms with Crippen molar-refractivity contribution in [2.75, 3.05) is 17.7 Å². The lowest BCUT2D eigenvalue weighted by atomic mass is 10.1. The van der Waals surface area contributed by atoms with Crippen LogP contribution in [-0.2, 0) is 0 Å². The van der Waals surface area contributed by atoms with Gasteiger partial charge in [-0.1, -0.05) is 18.2 Å². The number of nitro groups is 1. The Balaban J connectivity index is 1.50. The van der Waals surface area contributed by atoms with Crippen LogP contribution in [0.15, 0.2) is 71.1 Å². The monoisotopic (exact) mass is 445 g/mol. The lowest BCUT2D eigenvalue weighted by molar-refractivity contribution is -0.385. The Hall–Kier alpha value is -4.66. The molecule has 1 heterocycles. The van der Waals surface area contributed by atoms with Crippen LogP contribution >= 0.6 is 0 Å². The fraction of sp³-hybridized carbons (Fsp3) is 0.0833. The molecule has 0 fully saturated rings. The number of nitro benzene ring substituents is 1. The molecular formula is C24H19N3O6. The number of nitrogens with zero attached hydrogens (tertiary/aromatic N) is 1. The number of ether oxygens (including phenoxy) is 1. The molecule has 0 aliphatic carbocycles. The van der Waals surface area contributed by atoms with Crippen LogP contribution in [0.5, 0.6) is 5.75 Å². The molecule has 4 aromatic rings. The van der Waals surface area contributed by atoms with Gasteiger partial charge in [0.1, 0.15) is 11.3 Å². The number of nitrogens with one attached hydrogen (secondary N) is 2. The fourth-order valence-electron chi connectivity index (χ4n) is 3.35. The van der Waals surface area contributed by atoms with Gasteiger partial charge in [0.25, 0.3) is 17.5 Å². The summed E-state index contributed by atoms with van der Waals surface area (Å²) in [5.74, 6) is -0.391. The molecule has 4 rings (SSSR count). The third-order valence-corrected chi connectivity index (χ3v) is 5.01. The number of hydrogen-bond acceptors (Lipinski definition) is 6. The van der Waals surface area contributed by atoms with Crippen molar-refractivity contribution in [1.82, 2.24) is 0 Å². The second kappa shape index (κ2) is 8.83. The number of anilines is 2. The van der Waals surface area contributed by atoms with E-state index in [0.717, 1.165) is 5.39 Å². The lowest BCUT2D eigenvalue weighted by Gasteiger charge is -2.12. The van der Waals surface area contributed by atoms with Gasteiger partial charge in [0.05, 0.1) is 17.7 Å². The average molecular weight is 445 g/mol. The highest BCUT2D eigenvalue weighted by Crippen LogP contribution is 2.29. The normalized spacial score (nSPS) is 10.6. The van der Waals surface area contributed by atoms with E-state index in [1.807, 2.05) is 18.2 Å². The van der Waals surface area contributed by atoms with Gasteiger partial charge < -0.3 is 19.8 Å². The number of carbonyl (C=O) groups is 2. The third-order valence-electron chi connectivity index (χ3n) is 5.01. The number of methoxy groups -OCH3 is 1. The molecule has 0 radical (unpaired) electrons. The molecule has 0 spiro atoms. The summed E-state index contributed by atoms with van der Waals surface area (Å²) >= 11 is 0. The quantitative estimate of drug-likeness (QED) is 0.312.